The van der Waals surface area contributed by atoms with Crippen LogP contribution < -0.4 is 18.9 Å². The normalized spacial score (nSPS) is 12.4. The highest BCUT2D eigenvalue weighted by Crippen LogP contribution is 2.37. The summed E-state index contributed by atoms with van der Waals surface area (Å²) in [7, 11) is 3.18. The van der Waals surface area contributed by atoms with Gasteiger partial charge in [-0.2, -0.15) is 0 Å². The second kappa shape index (κ2) is 6.49. The Bertz CT molecular complexity index is 925. The van der Waals surface area contributed by atoms with E-state index in [2.05, 4.69) is 0 Å². The molecule has 0 N–H and O–H groups in total. The Kier molecular flexibility index (Phi) is 4.03. The van der Waals surface area contributed by atoms with Crippen molar-refractivity contribution >= 4 is 10.9 Å². The van der Waals surface area contributed by atoms with Gasteiger partial charge < -0.3 is 23.7 Å². The van der Waals surface area contributed by atoms with Gasteiger partial charge in [0.05, 0.1) is 18.3 Å². The zero-order chi connectivity index (χ0) is 17.2. The van der Waals surface area contributed by atoms with Crippen LogP contribution in [0.15, 0.2) is 42.5 Å². The van der Waals surface area contributed by atoms with Gasteiger partial charge in [0.1, 0.15) is 0 Å². The fourth-order valence-corrected chi connectivity index (χ4v) is 2.74. The molecule has 1 aromatic heterocycles. The first-order chi connectivity index (χ1) is 12.3. The van der Waals surface area contributed by atoms with Gasteiger partial charge in [0.2, 0.25) is 6.79 Å². The Hall–Kier alpha value is -2.99. The van der Waals surface area contributed by atoms with Crippen molar-refractivity contribution < 1.29 is 23.7 Å². The molecule has 6 nitrogen and oxygen atoms in total. The molecule has 4 rings (SSSR count). The van der Waals surface area contributed by atoms with Crippen LogP contribution in [0.3, 0.4) is 0 Å². The summed E-state index contributed by atoms with van der Waals surface area (Å²) in [6, 6.07) is 13.5. The van der Waals surface area contributed by atoms with Gasteiger partial charge in [-0.1, -0.05) is 6.07 Å². The molecule has 128 valence electrons. The van der Waals surface area contributed by atoms with E-state index in [4.69, 9.17) is 28.7 Å². The van der Waals surface area contributed by atoms with Crippen molar-refractivity contribution in [3.05, 3.63) is 42.5 Å². The quantitative estimate of drug-likeness (QED) is 0.662. The molecular weight excluding hydrogens is 322 g/mol. The summed E-state index contributed by atoms with van der Waals surface area (Å²) in [5.74, 6) is 2.72. The third-order valence-electron chi connectivity index (χ3n) is 3.98. The van der Waals surface area contributed by atoms with Gasteiger partial charge >= 0.3 is 0 Å². The maximum absolute atomic E-state index is 5.49. The Balaban J connectivity index is 1.72. The van der Waals surface area contributed by atoms with Crippen LogP contribution in [0, 0.1) is 0 Å². The highest BCUT2D eigenvalue weighted by molar-refractivity contribution is 5.85. The summed E-state index contributed by atoms with van der Waals surface area (Å²) in [5, 5.41) is 1.00. The second-order valence-corrected chi connectivity index (χ2v) is 5.51. The Morgan fingerprint density at radius 2 is 1.80 bits per heavy atom. The third-order valence-corrected chi connectivity index (χ3v) is 3.98. The standard InChI is InChI=1S/C19H17NO5/c1-21-10-23-16-6-4-12(7-17(16)22-2)14-5-3-13-8-18-19(25-11-24-18)9-15(13)20-14/h3-9H,10-11H2,1-2H3. The molecule has 6 heteroatoms. The highest BCUT2D eigenvalue weighted by Gasteiger charge is 2.15. The van der Waals surface area contributed by atoms with Crippen molar-refractivity contribution in [3.8, 4) is 34.3 Å². The molecule has 0 spiro atoms. The van der Waals surface area contributed by atoms with Gasteiger partial charge in [-0.3, -0.25) is 0 Å². The average Bonchev–Trinajstić information content (AvgIpc) is 3.11. The molecule has 0 unspecified atom stereocenters. The molecule has 0 saturated heterocycles. The number of hydrogen-bond acceptors (Lipinski definition) is 6. The van der Waals surface area contributed by atoms with Crippen LogP contribution in [0.25, 0.3) is 22.2 Å². The summed E-state index contributed by atoms with van der Waals surface area (Å²) >= 11 is 0. The lowest BCUT2D eigenvalue weighted by Gasteiger charge is -2.11. The van der Waals surface area contributed by atoms with Crippen LogP contribution in [0.1, 0.15) is 0 Å². The van der Waals surface area contributed by atoms with Gasteiger partial charge in [-0.25, -0.2) is 4.98 Å². The molecule has 0 fully saturated rings. The molecule has 0 radical (unpaired) electrons. The van der Waals surface area contributed by atoms with Crippen molar-refractivity contribution in [1.29, 1.82) is 0 Å². The van der Waals surface area contributed by atoms with E-state index in [1.165, 1.54) is 0 Å². The van der Waals surface area contributed by atoms with Crippen molar-refractivity contribution in [3.63, 3.8) is 0 Å². The molecular formula is C19H17NO5. The Morgan fingerprint density at radius 1 is 0.960 bits per heavy atom. The smallest absolute Gasteiger partial charge is 0.231 e. The number of methoxy groups -OCH3 is 2. The molecule has 0 atom stereocenters. The van der Waals surface area contributed by atoms with E-state index >= 15 is 0 Å². The lowest BCUT2D eigenvalue weighted by atomic mass is 10.1. The first kappa shape index (κ1) is 15.5. The van der Waals surface area contributed by atoms with Gasteiger partial charge in [0, 0.05) is 24.1 Å². The fraction of sp³-hybridized carbons (Fsp3) is 0.211. The number of ether oxygens (including phenoxy) is 5. The Morgan fingerprint density at radius 3 is 2.60 bits per heavy atom. The molecule has 0 amide bonds. The fourth-order valence-electron chi connectivity index (χ4n) is 2.74. The first-order valence-corrected chi connectivity index (χ1v) is 7.79. The van der Waals surface area contributed by atoms with E-state index in [0.29, 0.717) is 11.5 Å². The topological polar surface area (TPSA) is 59.0 Å². The van der Waals surface area contributed by atoms with Gasteiger partial charge in [0.15, 0.2) is 29.8 Å². The number of aromatic nitrogens is 1. The van der Waals surface area contributed by atoms with Crippen molar-refractivity contribution in [2.45, 2.75) is 0 Å². The van der Waals surface area contributed by atoms with E-state index in [1.54, 1.807) is 14.2 Å². The number of pyridine rings is 1. The molecule has 2 aromatic carbocycles. The third kappa shape index (κ3) is 2.92. The largest absolute Gasteiger partial charge is 0.493 e. The lowest BCUT2D eigenvalue weighted by Crippen LogP contribution is -2.00. The van der Waals surface area contributed by atoms with Crippen LogP contribution in [0.4, 0.5) is 0 Å². The maximum Gasteiger partial charge on any atom is 0.231 e. The minimum atomic E-state index is 0.164. The number of fused-ring (bicyclic) bond motifs is 2. The van der Waals surface area contributed by atoms with Crippen LogP contribution in [0.2, 0.25) is 0 Å². The number of rotatable bonds is 5. The van der Waals surface area contributed by atoms with E-state index < -0.39 is 0 Å². The predicted octanol–water partition coefficient (Wildman–Crippen LogP) is 3.62. The predicted molar refractivity (Wildman–Crippen MR) is 92.4 cm³/mol. The first-order valence-electron chi connectivity index (χ1n) is 7.79. The molecule has 2 heterocycles. The monoisotopic (exact) mass is 339 g/mol. The zero-order valence-electron chi connectivity index (χ0n) is 13.9. The lowest BCUT2D eigenvalue weighted by molar-refractivity contribution is 0.0492. The SMILES string of the molecule is COCOc1ccc(-c2ccc3cc4c(cc3n2)OCO4)cc1OC. The van der Waals surface area contributed by atoms with Gasteiger partial charge in [-0.05, 0) is 30.3 Å². The summed E-state index contributed by atoms with van der Waals surface area (Å²) in [6.45, 7) is 0.412. The minimum absolute atomic E-state index is 0.164. The zero-order valence-corrected chi connectivity index (χ0v) is 13.9. The van der Waals surface area contributed by atoms with E-state index in [-0.39, 0.29) is 13.6 Å². The van der Waals surface area contributed by atoms with Gasteiger partial charge in [0.25, 0.3) is 0 Å². The highest BCUT2D eigenvalue weighted by atomic mass is 16.7. The van der Waals surface area contributed by atoms with E-state index in [0.717, 1.165) is 33.7 Å². The number of benzene rings is 2. The number of hydrogen-bond donors (Lipinski definition) is 0. The van der Waals surface area contributed by atoms with Crippen molar-refractivity contribution in [2.75, 3.05) is 27.8 Å². The molecule has 1 aliphatic heterocycles. The molecule has 3 aromatic rings. The van der Waals surface area contributed by atoms with E-state index in [9.17, 15) is 0 Å². The second-order valence-electron chi connectivity index (χ2n) is 5.51. The molecule has 0 bridgehead atoms. The Labute approximate surface area is 144 Å². The summed E-state index contributed by atoms with van der Waals surface area (Å²) in [4.78, 5) is 4.73. The van der Waals surface area contributed by atoms with Crippen LogP contribution >= 0.6 is 0 Å². The maximum atomic E-state index is 5.49. The van der Waals surface area contributed by atoms with E-state index in [1.807, 2.05) is 42.5 Å². The van der Waals surface area contributed by atoms with Crippen LogP contribution in [0.5, 0.6) is 23.0 Å². The molecule has 25 heavy (non-hydrogen) atoms. The molecule has 0 aliphatic carbocycles. The van der Waals surface area contributed by atoms with Gasteiger partial charge in [-0.15, -0.1) is 0 Å². The summed E-state index contributed by atoms with van der Waals surface area (Å²) in [6.07, 6.45) is 0. The van der Waals surface area contributed by atoms with Crippen molar-refractivity contribution in [1.82, 2.24) is 4.98 Å². The average molecular weight is 339 g/mol. The van der Waals surface area contributed by atoms with Crippen LogP contribution in [-0.2, 0) is 4.74 Å². The van der Waals surface area contributed by atoms with Crippen molar-refractivity contribution in [2.24, 2.45) is 0 Å². The summed E-state index contributed by atoms with van der Waals surface area (Å²) < 4.78 is 26.7. The molecule has 0 saturated carbocycles. The van der Waals surface area contributed by atoms with Crippen LogP contribution in [-0.4, -0.2) is 32.8 Å². The number of nitrogens with zero attached hydrogens (tertiary/aromatic N) is 1. The summed E-state index contributed by atoms with van der Waals surface area (Å²) in [5.41, 5.74) is 2.62. The minimum Gasteiger partial charge on any atom is -0.493 e. The molecule has 1 aliphatic rings.